The first kappa shape index (κ1) is 13.0. The fraction of sp³-hybridized carbons (Fsp3) is 0.133. The van der Waals surface area contributed by atoms with Crippen LogP contribution < -0.4 is 0 Å². The first-order chi connectivity index (χ1) is 8.70. The second kappa shape index (κ2) is 5.95. The van der Waals surface area contributed by atoms with E-state index < -0.39 is 0 Å². The highest BCUT2D eigenvalue weighted by Gasteiger charge is 2.17. The molecule has 0 bridgehead atoms. The molecule has 0 amide bonds. The van der Waals surface area contributed by atoms with E-state index in [4.69, 9.17) is 18.2 Å². The smallest absolute Gasteiger partial charge is 0.296 e. The SMILES string of the molecule is [C-]#[N+]C(Sc1ccc(C)c(Cl)c1)c1ccccc1. The van der Waals surface area contributed by atoms with Crippen LogP contribution >= 0.6 is 23.4 Å². The summed E-state index contributed by atoms with van der Waals surface area (Å²) in [5.41, 5.74) is 2.08. The van der Waals surface area contributed by atoms with Gasteiger partial charge in [-0.3, -0.25) is 4.85 Å². The Hall–Kier alpha value is -1.43. The second-order valence-electron chi connectivity index (χ2n) is 3.92. The Morgan fingerprint density at radius 1 is 1.17 bits per heavy atom. The maximum absolute atomic E-state index is 7.31. The van der Waals surface area contributed by atoms with Crippen molar-refractivity contribution in [1.29, 1.82) is 0 Å². The summed E-state index contributed by atoms with van der Waals surface area (Å²) in [5.74, 6) is 0. The van der Waals surface area contributed by atoms with E-state index in [1.54, 1.807) is 0 Å². The van der Waals surface area contributed by atoms with Crippen molar-refractivity contribution >= 4 is 23.4 Å². The molecule has 2 aromatic rings. The molecule has 0 saturated carbocycles. The quantitative estimate of drug-likeness (QED) is 0.538. The Morgan fingerprint density at radius 2 is 1.89 bits per heavy atom. The third kappa shape index (κ3) is 3.07. The minimum Gasteiger partial charge on any atom is -0.296 e. The summed E-state index contributed by atoms with van der Waals surface area (Å²) in [4.78, 5) is 4.70. The van der Waals surface area contributed by atoms with Crippen molar-refractivity contribution in [3.8, 4) is 0 Å². The molecule has 0 aromatic heterocycles. The van der Waals surface area contributed by atoms with Crippen LogP contribution in [0.3, 0.4) is 0 Å². The van der Waals surface area contributed by atoms with Crippen LogP contribution in [0.1, 0.15) is 16.5 Å². The van der Waals surface area contributed by atoms with Crippen LogP contribution in [0.4, 0.5) is 0 Å². The summed E-state index contributed by atoms with van der Waals surface area (Å²) < 4.78 is 0. The van der Waals surface area contributed by atoms with Gasteiger partial charge in [0.1, 0.15) is 0 Å². The Labute approximate surface area is 117 Å². The second-order valence-corrected chi connectivity index (χ2v) is 5.48. The predicted octanol–water partition coefficient (Wildman–Crippen LogP) is 5.36. The van der Waals surface area contributed by atoms with E-state index in [1.807, 2.05) is 55.5 Å². The molecule has 2 rings (SSSR count). The van der Waals surface area contributed by atoms with Gasteiger partial charge in [0.2, 0.25) is 0 Å². The summed E-state index contributed by atoms with van der Waals surface area (Å²) >= 11 is 7.62. The molecule has 0 heterocycles. The summed E-state index contributed by atoms with van der Waals surface area (Å²) in [6.07, 6.45) is 0. The zero-order valence-corrected chi connectivity index (χ0v) is 11.5. The fourth-order valence-corrected chi connectivity index (χ4v) is 2.74. The average Bonchev–Trinajstić information content (AvgIpc) is 2.41. The Morgan fingerprint density at radius 3 is 2.50 bits per heavy atom. The van der Waals surface area contributed by atoms with E-state index in [0.29, 0.717) is 0 Å². The van der Waals surface area contributed by atoms with Crippen LogP contribution in [-0.2, 0) is 0 Å². The number of rotatable bonds is 3. The molecule has 1 atom stereocenters. The van der Waals surface area contributed by atoms with Crippen LogP contribution in [0.15, 0.2) is 53.4 Å². The van der Waals surface area contributed by atoms with Gasteiger partial charge < -0.3 is 0 Å². The molecule has 0 spiro atoms. The molecule has 0 radical (unpaired) electrons. The van der Waals surface area contributed by atoms with E-state index in [9.17, 15) is 0 Å². The van der Waals surface area contributed by atoms with E-state index in [0.717, 1.165) is 21.0 Å². The molecule has 0 saturated heterocycles. The van der Waals surface area contributed by atoms with Gasteiger partial charge in [0.15, 0.2) is 0 Å². The van der Waals surface area contributed by atoms with E-state index in [1.165, 1.54) is 11.8 Å². The van der Waals surface area contributed by atoms with Gasteiger partial charge in [0.05, 0.1) is 0 Å². The lowest BCUT2D eigenvalue weighted by Crippen LogP contribution is -1.87. The number of hydrogen-bond acceptors (Lipinski definition) is 1. The first-order valence-electron chi connectivity index (χ1n) is 5.55. The predicted molar refractivity (Wildman–Crippen MR) is 77.8 cm³/mol. The summed E-state index contributed by atoms with van der Waals surface area (Å²) in [7, 11) is 0. The Kier molecular flexibility index (Phi) is 4.30. The van der Waals surface area contributed by atoms with Crippen molar-refractivity contribution in [2.24, 2.45) is 0 Å². The van der Waals surface area contributed by atoms with Gasteiger partial charge in [-0.15, -0.1) is 0 Å². The van der Waals surface area contributed by atoms with Gasteiger partial charge in [-0.1, -0.05) is 48.0 Å². The van der Waals surface area contributed by atoms with Crippen LogP contribution in [-0.4, -0.2) is 0 Å². The van der Waals surface area contributed by atoms with Crippen molar-refractivity contribution in [2.75, 3.05) is 0 Å². The molecule has 0 N–H and O–H groups in total. The molecular weight excluding hydrogens is 262 g/mol. The molecule has 90 valence electrons. The van der Waals surface area contributed by atoms with Gasteiger partial charge in [-0.05, 0) is 36.4 Å². The fourth-order valence-electron chi connectivity index (χ4n) is 1.56. The first-order valence-corrected chi connectivity index (χ1v) is 6.81. The van der Waals surface area contributed by atoms with E-state index in [2.05, 4.69) is 4.85 Å². The molecule has 2 aromatic carbocycles. The molecule has 0 aliphatic carbocycles. The minimum atomic E-state index is -0.218. The van der Waals surface area contributed by atoms with Crippen molar-refractivity contribution in [3.63, 3.8) is 0 Å². The van der Waals surface area contributed by atoms with E-state index >= 15 is 0 Å². The standard InChI is InChI=1S/C15H12ClNS/c1-11-8-9-13(10-14(11)16)18-15(17-2)12-6-4-3-5-7-12/h3-10,15H,1H3. The molecule has 3 heteroatoms. The highest BCUT2D eigenvalue weighted by atomic mass is 35.5. The Bertz CT molecular complexity index is 575. The van der Waals surface area contributed by atoms with Crippen molar-refractivity contribution in [1.82, 2.24) is 0 Å². The maximum atomic E-state index is 7.31. The molecule has 0 aliphatic heterocycles. The van der Waals surface area contributed by atoms with Gasteiger partial charge in [0, 0.05) is 15.5 Å². The number of hydrogen-bond donors (Lipinski definition) is 0. The lowest BCUT2D eigenvalue weighted by atomic mass is 10.2. The number of halogens is 1. The number of thioether (sulfide) groups is 1. The highest BCUT2D eigenvalue weighted by molar-refractivity contribution is 7.99. The zero-order chi connectivity index (χ0) is 13.0. The average molecular weight is 274 g/mol. The normalized spacial score (nSPS) is 11.8. The van der Waals surface area contributed by atoms with Crippen molar-refractivity contribution in [3.05, 3.63) is 76.1 Å². The monoisotopic (exact) mass is 273 g/mol. The Balaban J connectivity index is 2.21. The lowest BCUT2D eigenvalue weighted by Gasteiger charge is -2.06. The third-order valence-corrected chi connectivity index (χ3v) is 4.13. The summed E-state index contributed by atoms with van der Waals surface area (Å²) in [6.45, 7) is 9.29. The molecule has 1 nitrogen and oxygen atoms in total. The zero-order valence-electron chi connectivity index (χ0n) is 9.93. The van der Waals surface area contributed by atoms with Crippen LogP contribution in [0.2, 0.25) is 5.02 Å². The third-order valence-electron chi connectivity index (χ3n) is 2.59. The van der Waals surface area contributed by atoms with Crippen molar-refractivity contribution < 1.29 is 0 Å². The molecular formula is C15H12ClNS. The largest absolute Gasteiger partial charge is 0.298 e. The summed E-state index contributed by atoms with van der Waals surface area (Å²) in [5, 5.41) is 0.529. The van der Waals surface area contributed by atoms with Crippen molar-refractivity contribution in [2.45, 2.75) is 17.2 Å². The number of aryl methyl sites for hydroxylation is 1. The highest BCUT2D eigenvalue weighted by Crippen LogP contribution is 2.37. The van der Waals surface area contributed by atoms with Crippen LogP contribution in [0, 0.1) is 13.5 Å². The molecule has 0 fully saturated rings. The lowest BCUT2D eigenvalue weighted by molar-refractivity contribution is 1.21. The van der Waals surface area contributed by atoms with Crippen LogP contribution in [0.5, 0.6) is 0 Å². The van der Waals surface area contributed by atoms with Gasteiger partial charge in [-0.25, -0.2) is 6.57 Å². The van der Waals surface area contributed by atoms with Crippen LogP contribution in [0.25, 0.3) is 4.85 Å². The van der Waals surface area contributed by atoms with Gasteiger partial charge >= 0.3 is 0 Å². The maximum Gasteiger partial charge on any atom is 0.298 e. The number of benzene rings is 2. The van der Waals surface area contributed by atoms with Gasteiger partial charge in [0.25, 0.3) is 5.37 Å². The topological polar surface area (TPSA) is 4.36 Å². The number of nitrogens with zero attached hydrogens (tertiary/aromatic N) is 1. The molecule has 18 heavy (non-hydrogen) atoms. The summed E-state index contributed by atoms with van der Waals surface area (Å²) in [6, 6.07) is 15.7. The molecule has 1 unspecified atom stereocenters. The van der Waals surface area contributed by atoms with Gasteiger partial charge in [-0.2, -0.15) is 0 Å². The minimum absolute atomic E-state index is 0.218. The van der Waals surface area contributed by atoms with E-state index in [-0.39, 0.29) is 5.37 Å². The molecule has 0 aliphatic rings.